The minimum Gasteiger partial charge on any atom is -0.490 e. The molecular formula is C14H23N3OS. The second-order valence-electron chi connectivity index (χ2n) is 4.95. The molecule has 106 valence electrons. The Morgan fingerprint density at radius 1 is 1.37 bits per heavy atom. The third-order valence-electron chi connectivity index (χ3n) is 3.45. The maximum atomic E-state index is 5.48. The fourth-order valence-electron chi connectivity index (χ4n) is 2.39. The van der Waals surface area contributed by atoms with Gasteiger partial charge in [-0.1, -0.05) is 19.8 Å². The fraction of sp³-hybridized carbons (Fsp3) is 0.714. The Morgan fingerprint density at radius 2 is 2.16 bits per heavy atom. The second kappa shape index (κ2) is 7.58. The van der Waals surface area contributed by atoms with E-state index >= 15 is 0 Å². The summed E-state index contributed by atoms with van der Waals surface area (Å²) in [6.07, 6.45) is 8.18. The fourth-order valence-corrected chi connectivity index (χ4v) is 3.55. The predicted molar refractivity (Wildman–Crippen MR) is 80.0 cm³/mol. The normalized spacial score (nSPS) is 15.7. The number of nitrogens with zero attached hydrogens (tertiary/aromatic N) is 2. The largest absolute Gasteiger partial charge is 0.490 e. The van der Waals surface area contributed by atoms with Crippen molar-refractivity contribution in [1.29, 1.82) is 0 Å². The Hall–Kier alpha value is -0.970. The summed E-state index contributed by atoms with van der Waals surface area (Å²) in [7, 11) is 1.69. The molecule has 1 N–H and O–H groups in total. The number of rotatable bonds is 7. The van der Waals surface area contributed by atoms with Crippen LogP contribution in [-0.2, 0) is 0 Å². The Bertz CT molecular complexity index is 394. The molecule has 1 aliphatic carbocycles. The minimum absolute atomic E-state index is 0.791. The molecule has 0 saturated heterocycles. The van der Waals surface area contributed by atoms with Gasteiger partial charge in [0.05, 0.1) is 7.11 Å². The standard InChI is InChI=1S/C14H23N3OS/c1-3-8-15-13-12(18-2)14(17-10-16-13)19-9-11-6-4-5-7-11/h10-11H,3-9H2,1-2H3,(H,15,16,17). The van der Waals surface area contributed by atoms with Crippen LogP contribution in [-0.4, -0.2) is 29.4 Å². The quantitative estimate of drug-likeness (QED) is 0.611. The highest BCUT2D eigenvalue weighted by Gasteiger charge is 2.18. The molecule has 0 radical (unpaired) electrons. The van der Waals surface area contributed by atoms with Crippen LogP contribution in [0, 0.1) is 5.92 Å². The molecule has 1 fully saturated rings. The molecule has 4 nitrogen and oxygen atoms in total. The first kappa shape index (κ1) is 14.4. The van der Waals surface area contributed by atoms with Gasteiger partial charge in [-0.2, -0.15) is 0 Å². The maximum Gasteiger partial charge on any atom is 0.193 e. The van der Waals surface area contributed by atoms with Crippen molar-refractivity contribution in [3.8, 4) is 5.75 Å². The molecule has 5 heteroatoms. The molecule has 2 rings (SSSR count). The zero-order valence-corrected chi connectivity index (χ0v) is 12.6. The Labute approximate surface area is 119 Å². The van der Waals surface area contributed by atoms with E-state index in [9.17, 15) is 0 Å². The lowest BCUT2D eigenvalue weighted by molar-refractivity contribution is 0.400. The third kappa shape index (κ3) is 4.00. The summed E-state index contributed by atoms with van der Waals surface area (Å²) in [4.78, 5) is 8.63. The van der Waals surface area contributed by atoms with Gasteiger partial charge in [0.15, 0.2) is 11.6 Å². The van der Waals surface area contributed by atoms with E-state index in [1.165, 1.54) is 25.7 Å². The molecule has 0 spiro atoms. The van der Waals surface area contributed by atoms with Crippen LogP contribution in [0.2, 0.25) is 0 Å². The second-order valence-corrected chi connectivity index (χ2v) is 5.96. The summed E-state index contributed by atoms with van der Waals surface area (Å²) in [6.45, 7) is 3.04. The lowest BCUT2D eigenvalue weighted by atomic mass is 10.1. The Kier molecular flexibility index (Phi) is 5.76. The van der Waals surface area contributed by atoms with Gasteiger partial charge in [0.25, 0.3) is 0 Å². The van der Waals surface area contributed by atoms with Crippen molar-refractivity contribution in [1.82, 2.24) is 9.97 Å². The Balaban J connectivity index is 2.01. The van der Waals surface area contributed by atoms with Crippen LogP contribution in [0.4, 0.5) is 5.82 Å². The van der Waals surface area contributed by atoms with Gasteiger partial charge in [-0.3, -0.25) is 0 Å². The van der Waals surface area contributed by atoms with Crippen LogP contribution in [0.25, 0.3) is 0 Å². The molecule has 0 aromatic carbocycles. The van der Waals surface area contributed by atoms with E-state index in [-0.39, 0.29) is 0 Å². The highest BCUT2D eigenvalue weighted by Crippen LogP contribution is 2.36. The van der Waals surface area contributed by atoms with Crippen LogP contribution < -0.4 is 10.1 Å². The first-order valence-electron chi connectivity index (χ1n) is 7.10. The summed E-state index contributed by atoms with van der Waals surface area (Å²) in [5, 5.41) is 4.25. The zero-order chi connectivity index (χ0) is 13.5. The molecule has 0 bridgehead atoms. The first-order valence-corrected chi connectivity index (χ1v) is 8.09. The van der Waals surface area contributed by atoms with Crippen molar-refractivity contribution in [2.24, 2.45) is 5.92 Å². The number of nitrogens with one attached hydrogen (secondary N) is 1. The van der Waals surface area contributed by atoms with Crippen molar-refractivity contribution in [2.45, 2.75) is 44.1 Å². The minimum atomic E-state index is 0.791. The predicted octanol–water partition coefficient (Wildman–Crippen LogP) is 3.59. The number of thioether (sulfide) groups is 1. The number of hydrogen-bond donors (Lipinski definition) is 1. The van der Waals surface area contributed by atoms with Crippen molar-refractivity contribution in [3.05, 3.63) is 6.33 Å². The molecular weight excluding hydrogens is 258 g/mol. The number of anilines is 1. The summed E-state index contributed by atoms with van der Waals surface area (Å²) in [5.74, 6) is 3.59. The zero-order valence-electron chi connectivity index (χ0n) is 11.8. The molecule has 1 aromatic heterocycles. The van der Waals surface area contributed by atoms with Gasteiger partial charge in [-0.25, -0.2) is 9.97 Å². The van der Waals surface area contributed by atoms with Crippen molar-refractivity contribution in [3.63, 3.8) is 0 Å². The summed E-state index contributed by atoms with van der Waals surface area (Å²) in [5.41, 5.74) is 0. The van der Waals surface area contributed by atoms with E-state index < -0.39 is 0 Å². The topological polar surface area (TPSA) is 47.0 Å². The van der Waals surface area contributed by atoms with Crippen molar-refractivity contribution >= 4 is 17.6 Å². The van der Waals surface area contributed by atoms with Crippen LogP contribution >= 0.6 is 11.8 Å². The number of aromatic nitrogens is 2. The van der Waals surface area contributed by atoms with E-state index in [0.717, 1.165) is 41.2 Å². The highest BCUT2D eigenvalue weighted by molar-refractivity contribution is 7.99. The molecule has 1 saturated carbocycles. The van der Waals surface area contributed by atoms with E-state index in [1.807, 2.05) is 0 Å². The number of hydrogen-bond acceptors (Lipinski definition) is 5. The molecule has 0 atom stereocenters. The lowest BCUT2D eigenvalue weighted by Gasteiger charge is -2.13. The Morgan fingerprint density at radius 3 is 2.84 bits per heavy atom. The van der Waals surface area contributed by atoms with Crippen molar-refractivity contribution < 1.29 is 4.74 Å². The number of methoxy groups -OCH3 is 1. The third-order valence-corrected chi connectivity index (χ3v) is 4.65. The molecule has 1 aromatic rings. The molecule has 0 aliphatic heterocycles. The van der Waals surface area contributed by atoms with E-state index in [0.29, 0.717) is 0 Å². The van der Waals surface area contributed by atoms with Gasteiger partial charge in [0, 0.05) is 12.3 Å². The summed E-state index contributed by atoms with van der Waals surface area (Å²) in [6, 6.07) is 0. The van der Waals surface area contributed by atoms with Gasteiger partial charge >= 0.3 is 0 Å². The SMILES string of the molecule is CCCNc1ncnc(SCC2CCCC2)c1OC. The maximum absolute atomic E-state index is 5.48. The molecule has 1 aliphatic rings. The van der Waals surface area contributed by atoms with Gasteiger partial charge in [0.2, 0.25) is 0 Å². The van der Waals surface area contributed by atoms with Gasteiger partial charge in [-0.05, 0) is 25.2 Å². The van der Waals surface area contributed by atoms with Crippen LogP contribution in [0.3, 0.4) is 0 Å². The summed E-state index contributed by atoms with van der Waals surface area (Å²) < 4.78 is 5.48. The highest BCUT2D eigenvalue weighted by atomic mass is 32.2. The smallest absolute Gasteiger partial charge is 0.193 e. The van der Waals surface area contributed by atoms with Crippen molar-refractivity contribution in [2.75, 3.05) is 24.7 Å². The van der Waals surface area contributed by atoms with Gasteiger partial charge in [0.1, 0.15) is 11.4 Å². The average molecular weight is 281 g/mol. The monoisotopic (exact) mass is 281 g/mol. The van der Waals surface area contributed by atoms with Gasteiger partial charge in [-0.15, -0.1) is 11.8 Å². The lowest BCUT2D eigenvalue weighted by Crippen LogP contribution is -2.06. The van der Waals surface area contributed by atoms with Crippen LogP contribution in [0.1, 0.15) is 39.0 Å². The molecule has 0 amide bonds. The van der Waals surface area contributed by atoms with E-state index in [2.05, 4.69) is 22.2 Å². The molecule has 19 heavy (non-hydrogen) atoms. The average Bonchev–Trinajstić information content (AvgIpc) is 2.96. The van der Waals surface area contributed by atoms with E-state index in [1.54, 1.807) is 25.2 Å². The molecule has 0 unspecified atom stereocenters. The van der Waals surface area contributed by atoms with Crippen LogP contribution in [0.15, 0.2) is 11.4 Å². The van der Waals surface area contributed by atoms with Gasteiger partial charge < -0.3 is 10.1 Å². The first-order chi connectivity index (χ1) is 9.35. The van der Waals surface area contributed by atoms with Crippen LogP contribution in [0.5, 0.6) is 5.75 Å². The molecule has 1 heterocycles. The van der Waals surface area contributed by atoms with E-state index in [4.69, 9.17) is 4.74 Å². The number of ether oxygens (including phenoxy) is 1. The summed E-state index contributed by atoms with van der Waals surface area (Å²) >= 11 is 1.80.